The number of nitrogens with zero attached hydrogens (tertiary/aromatic N) is 3. The normalized spacial score (nSPS) is 14.0. The highest BCUT2D eigenvalue weighted by molar-refractivity contribution is 7.17. The van der Waals surface area contributed by atoms with Crippen LogP contribution in [-0.4, -0.2) is 26.9 Å². The third-order valence-electron chi connectivity index (χ3n) is 4.28. The van der Waals surface area contributed by atoms with Gasteiger partial charge in [-0.05, 0) is 12.5 Å². The number of hydrogen-bond donors (Lipinski definition) is 0. The molecule has 0 N–H and O–H groups in total. The third-order valence-corrected chi connectivity index (χ3v) is 5.25. The first kappa shape index (κ1) is 14.1. The van der Waals surface area contributed by atoms with E-state index in [-0.39, 0.29) is 11.5 Å². The van der Waals surface area contributed by atoms with Gasteiger partial charge >= 0.3 is 0 Å². The van der Waals surface area contributed by atoms with Crippen LogP contribution in [0.4, 0.5) is 0 Å². The molecule has 1 amide bonds. The van der Waals surface area contributed by atoms with Crippen molar-refractivity contribution in [2.45, 2.75) is 13.0 Å². The monoisotopic (exact) mass is 325 g/mol. The smallest absolute Gasteiger partial charge is 0.256 e. The van der Waals surface area contributed by atoms with E-state index in [0.717, 1.165) is 21.2 Å². The van der Waals surface area contributed by atoms with Gasteiger partial charge in [0.1, 0.15) is 0 Å². The Morgan fingerprint density at radius 2 is 2.13 bits per heavy atom. The number of benzene rings is 1. The molecule has 0 spiro atoms. The van der Waals surface area contributed by atoms with Gasteiger partial charge in [-0.3, -0.25) is 9.59 Å². The molecular formula is C17H15N3O2S. The predicted molar refractivity (Wildman–Crippen MR) is 89.7 cm³/mol. The summed E-state index contributed by atoms with van der Waals surface area (Å²) >= 11 is 1.58. The van der Waals surface area contributed by atoms with Gasteiger partial charge in [-0.25, -0.2) is 4.98 Å². The molecule has 1 aliphatic heterocycles. The Morgan fingerprint density at radius 3 is 3.00 bits per heavy atom. The van der Waals surface area contributed by atoms with Gasteiger partial charge in [0.25, 0.3) is 11.5 Å². The van der Waals surface area contributed by atoms with E-state index in [9.17, 15) is 9.59 Å². The first-order valence-electron chi connectivity index (χ1n) is 7.44. The summed E-state index contributed by atoms with van der Waals surface area (Å²) in [4.78, 5) is 31.1. The number of thiophene rings is 1. The molecule has 0 unspecified atom stereocenters. The highest BCUT2D eigenvalue weighted by Crippen LogP contribution is 2.27. The molecule has 0 radical (unpaired) electrons. The molecule has 0 aliphatic carbocycles. The lowest BCUT2D eigenvalue weighted by molar-refractivity contribution is 0.0733. The Labute approximate surface area is 136 Å². The van der Waals surface area contributed by atoms with Crippen LogP contribution >= 0.6 is 11.3 Å². The van der Waals surface area contributed by atoms with Crippen molar-refractivity contribution in [2.24, 2.45) is 7.05 Å². The second-order valence-corrected chi connectivity index (χ2v) is 6.62. The van der Waals surface area contributed by atoms with Crippen molar-refractivity contribution in [1.29, 1.82) is 0 Å². The van der Waals surface area contributed by atoms with Gasteiger partial charge in [0, 0.05) is 34.6 Å². The zero-order chi connectivity index (χ0) is 16.0. The van der Waals surface area contributed by atoms with Crippen LogP contribution in [0.2, 0.25) is 0 Å². The summed E-state index contributed by atoms with van der Waals surface area (Å²) in [6, 6.07) is 7.92. The van der Waals surface area contributed by atoms with Crippen LogP contribution < -0.4 is 5.56 Å². The second-order valence-electron chi connectivity index (χ2n) is 5.71. The van der Waals surface area contributed by atoms with Crippen LogP contribution in [0.25, 0.3) is 10.1 Å². The van der Waals surface area contributed by atoms with Crippen LogP contribution in [0.1, 0.15) is 21.6 Å². The maximum Gasteiger partial charge on any atom is 0.256 e. The van der Waals surface area contributed by atoms with Gasteiger partial charge in [-0.15, -0.1) is 11.3 Å². The molecule has 1 aliphatic rings. The second kappa shape index (κ2) is 5.31. The number of rotatable bonds is 1. The largest absolute Gasteiger partial charge is 0.332 e. The number of carbonyl (C=O) groups is 1. The van der Waals surface area contributed by atoms with Crippen molar-refractivity contribution >= 4 is 27.3 Å². The van der Waals surface area contributed by atoms with Crippen molar-refractivity contribution in [3.8, 4) is 0 Å². The lowest BCUT2D eigenvalue weighted by atomic mass is 10.0. The third kappa shape index (κ3) is 2.26. The van der Waals surface area contributed by atoms with Gasteiger partial charge in [0.15, 0.2) is 0 Å². The lowest BCUT2D eigenvalue weighted by Gasteiger charge is -2.27. The van der Waals surface area contributed by atoms with E-state index in [2.05, 4.69) is 4.98 Å². The van der Waals surface area contributed by atoms with Crippen molar-refractivity contribution in [2.75, 3.05) is 6.54 Å². The minimum absolute atomic E-state index is 0.00979. The Kier molecular flexibility index (Phi) is 3.27. The molecule has 6 heteroatoms. The topological polar surface area (TPSA) is 55.2 Å². The Bertz CT molecular complexity index is 973. The highest BCUT2D eigenvalue weighted by Gasteiger charge is 2.26. The Morgan fingerprint density at radius 1 is 1.30 bits per heavy atom. The van der Waals surface area contributed by atoms with Crippen LogP contribution in [-0.2, 0) is 20.0 Å². The molecule has 0 bridgehead atoms. The van der Waals surface area contributed by atoms with E-state index in [4.69, 9.17) is 0 Å². The van der Waals surface area contributed by atoms with Gasteiger partial charge in [-0.2, -0.15) is 0 Å². The Balaban J connectivity index is 1.68. The minimum Gasteiger partial charge on any atom is -0.332 e. The summed E-state index contributed by atoms with van der Waals surface area (Å²) < 4.78 is 2.60. The van der Waals surface area contributed by atoms with Crippen molar-refractivity contribution in [3.05, 3.63) is 63.1 Å². The van der Waals surface area contributed by atoms with E-state index in [0.29, 0.717) is 25.2 Å². The number of amides is 1. The average Bonchev–Trinajstić information content (AvgIpc) is 3.01. The molecule has 0 fully saturated rings. The van der Waals surface area contributed by atoms with Crippen molar-refractivity contribution in [1.82, 2.24) is 14.5 Å². The van der Waals surface area contributed by atoms with Crippen LogP contribution in [0.15, 0.2) is 40.8 Å². The maximum absolute atomic E-state index is 12.9. The van der Waals surface area contributed by atoms with Crippen LogP contribution in [0, 0.1) is 0 Å². The minimum atomic E-state index is -0.0110. The number of carbonyl (C=O) groups excluding carboxylic acids is 1. The number of aryl methyl sites for hydroxylation is 1. The summed E-state index contributed by atoms with van der Waals surface area (Å²) in [6.07, 6.45) is 2.08. The quantitative estimate of drug-likeness (QED) is 0.689. The zero-order valence-electron chi connectivity index (χ0n) is 12.7. The summed E-state index contributed by atoms with van der Waals surface area (Å²) in [7, 11) is 1.70. The van der Waals surface area contributed by atoms with Gasteiger partial charge in [0.2, 0.25) is 0 Å². The summed E-state index contributed by atoms with van der Waals surface area (Å²) in [6.45, 7) is 0.950. The first-order chi connectivity index (χ1) is 11.1. The molecule has 4 rings (SSSR count). The fraction of sp³-hybridized carbons (Fsp3) is 0.235. The number of aromatic nitrogens is 2. The standard InChI is InChI=1S/C17H15N3O2S/c1-19-10-18-14-8-20(7-6-12(14)16(19)21)17(22)13-9-23-15-5-3-2-4-11(13)15/h2-5,9-10H,6-8H2,1H3. The Hall–Kier alpha value is -2.47. The fourth-order valence-electron chi connectivity index (χ4n) is 3.00. The van der Waals surface area contributed by atoms with Crippen molar-refractivity contribution in [3.63, 3.8) is 0 Å². The molecular weight excluding hydrogens is 310 g/mol. The zero-order valence-corrected chi connectivity index (χ0v) is 13.5. The summed E-state index contributed by atoms with van der Waals surface area (Å²) in [5.41, 5.74) is 2.17. The molecule has 0 saturated heterocycles. The molecule has 5 nitrogen and oxygen atoms in total. The van der Waals surface area contributed by atoms with E-state index >= 15 is 0 Å². The summed E-state index contributed by atoms with van der Waals surface area (Å²) in [5, 5.41) is 2.91. The van der Waals surface area contributed by atoms with E-state index in [1.165, 1.54) is 10.9 Å². The van der Waals surface area contributed by atoms with E-state index in [1.807, 2.05) is 29.6 Å². The van der Waals surface area contributed by atoms with Crippen LogP contribution in [0.5, 0.6) is 0 Å². The SMILES string of the molecule is Cn1cnc2c(c1=O)CCN(C(=O)c1csc3ccccc13)C2. The summed E-state index contributed by atoms with van der Waals surface area (Å²) in [5.74, 6) is 0.00979. The molecule has 23 heavy (non-hydrogen) atoms. The maximum atomic E-state index is 12.9. The average molecular weight is 325 g/mol. The molecule has 3 heterocycles. The fourth-order valence-corrected chi connectivity index (χ4v) is 3.94. The molecule has 0 saturated carbocycles. The van der Waals surface area contributed by atoms with Gasteiger partial charge in [0.05, 0.1) is 24.1 Å². The molecule has 0 atom stereocenters. The number of hydrogen-bond acceptors (Lipinski definition) is 4. The first-order valence-corrected chi connectivity index (χ1v) is 8.32. The lowest BCUT2D eigenvalue weighted by Crippen LogP contribution is -2.39. The molecule has 3 aromatic rings. The molecule has 1 aromatic carbocycles. The van der Waals surface area contributed by atoms with Crippen LogP contribution in [0.3, 0.4) is 0 Å². The van der Waals surface area contributed by atoms with E-state index < -0.39 is 0 Å². The predicted octanol–water partition coefficient (Wildman–Crippen LogP) is 2.19. The van der Waals surface area contributed by atoms with Gasteiger partial charge in [-0.1, -0.05) is 18.2 Å². The highest BCUT2D eigenvalue weighted by atomic mass is 32.1. The van der Waals surface area contributed by atoms with Gasteiger partial charge < -0.3 is 9.47 Å². The van der Waals surface area contributed by atoms with E-state index in [1.54, 1.807) is 23.3 Å². The number of fused-ring (bicyclic) bond motifs is 2. The molecule has 116 valence electrons. The molecule has 2 aromatic heterocycles. The van der Waals surface area contributed by atoms with Crippen molar-refractivity contribution < 1.29 is 4.79 Å².